The number of ether oxygens (including phenoxy) is 1. The molecule has 3 aromatic rings. The Kier molecular flexibility index (Phi) is 4.71. The summed E-state index contributed by atoms with van der Waals surface area (Å²) < 4.78 is 23.4. The molecule has 1 amide bonds. The van der Waals surface area contributed by atoms with E-state index in [0.29, 0.717) is 23.1 Å². The van der Waals surface area contributed by atoms with Gasteiger partial charge in [0.05, 0.1) is 16.9 Å². The normalized spacial score (nSPS) is 16.8. The molecule has 1 aliphatic heterocycles. The second-order valence-corrected chi connectivity index (χ2v) is 6.85. The number of carboxylic acid groups (broad SMARTS) is 1. The molecule has 1 saturated heterocycles. The fraction of sp³-hybridized carbons (Fsp3) is 0.263. The summed E-state index contributed by atoms with van der Waals surface area (Å²) in [5, 5.41) is 15.9. The van der Waals surface area contributed by atoms with Crippen LogP contribution in [0.1, 0.15) is 25.5 Å². The van der Waals surface area contributed by atoms with Crippen molar-refractivity contribution in [3.05, 3.63) is 35.5 Å². The summed E-state index contributed by atoms with van der Waals surface area (Å²) in [6.45, 7) is 0.673. The Bertz CT molecular complexity index is 1110. The van der Waals surface area contributed by atoms with Crippen LogP contribution in [-0.4, -0.2) is 32.2 Å². The first-order chi connectivity index (χ1) is 13.5. The largest absolute Gasteiger partial charge is 0.465 e. The zero-order valence-corrected chi connectivity index (χ0v) is 15.4. The van der Waals surface area contributed by atoms with Gasteiger partial charge in [0, 0.05) is 41.6 Å². The number of fused-ring (bicyclic) bond motifs is 1. The smallest absolute Gasteiger partial charge is 0.409 e. The number of anilines is 1. The van der Waals surface area contributed by atoms with Crippen molar-refractivity contribution in [3.8, 4) is 23.6 Å². The molecule has 2 aromatic heterocycles. The third kappa shape index (κ3) is 3.09. The lowest BCUT2D eigenvalue weighted by Gasteiger charge is -2.22. The summed E-state index contributed by atoms with van der Waals surface area (Å²) in [5.74, 6) is -0.722. The van der Waals surface area contributed by atoms with E-state index in [2.05, 4.69) is 16.5 Å². The molecule has 0 bridgehead atoms. The molecule has 0 spiro atoms. The summed E-state index contributed by atoms with van der Waals surface area (Å²) in [4.78, 5) is 11.2. The molecule has 9 heteroatoms. The van der Waals surface area contributed by atoms with Gasteiger partial charge in [0.1, 0.15) is 11.7 Å². The van der Waals surface area contributed by atoms with E-state index < -0.39 is 11.9 Å². The zero-order chi connectivity index (χ0) is 19.8. The van der Waals surface area contributed by atoms with Crippen LogP contribution in [0.2, 0.25) is 5.02 Å². The molecule has 1 aromatic carbocycles. The van der Waals surface area contributed by atoms with Gasteiger partial charge in [0.2, 0.25) is 0 Å². The highest BCUT2D eigenvalue weighted by Crippen LogP contribution is 2.40. The zero-order valence-electron chi connectivity index (χ0n) is 14.7. The molecular weight excluding hydrogens is 387 g/mol. The van der Waals surface area contributed by atoms with Gasteiger partial charge in [-0.05, 0) is 25.3 Å². The maximum absolute atomic E-state index is 14.7. The van der Waals surface area contributed by atoms with Crippen molar-refractivity contribution in [2.24, 2.45) is 0 Å². The lowest BCUT2D eigenvalue weighted by atomic mass is 10.1. The molecule has 1 aliphatic rings. The van der Waals surface area contributed by atoms with Gasteiger partial charge in [-0.2, -0.15) is 5.10 Å². The van der Waals surface area contributed by atoms with Gasteiger partial charge in [0.25, 0.3) is 0 Å². The van der Waals surface area contributed by atoms with Crippen LogP contribution in [-0.2, 0) is 4.74 Å². The van der Waals surface area contributed by atoms with Crippen molar-refractivity contribution in [1.82, 2.24) is 14.3 Å². The van der Waals surface area contributed by atoms with Crippen LogP contribution in [0.4, 0.5) is 14.9 Å². The number of aromatic nitrogens is 3. The van der Waals surface area contributed by atoms with Crippen molar-refractivity contribution < 1.29 is 19.0 Å². The summed E-state index contributed by atoms with van der Waals surface area (Å²) in [6, 6.07) is 3.60. The number of terminal acetylenes is 1. The number of nitrogens with one attached hydrogen (secondary N) is 1. The maximum Gasteiger partial charge on any atom is 0.409 e. The minimum absolute atomic E-state index is 0.0235. The minimum atomic E-state index is -1.30. The molecular formula is C19H16ClFN4O3. The van der Waals surface area contributed by atoms with E-state index >= 15 is 0 Å². The highest BCUT2D eigenvalue weighted by atomic mass is 35.5. The lowest BCUT2D eigenvalue weighted by Crippen LogP contribution is -2.18. The van der Waals surface area contributed by atoms with Crippen LogP contribution in [0, 0.1) is 18.3 Å². The van der Waals surface area contributed by atoms with Crippen LogP contribution in [0.15, 0.2) is 24.7 Å². The Balaban J connectivity index is 1.90. The quantitative estimate of drug-likeness (QED) is 0.631. The molecule has 2 N–H and O–H groups in total. The van der Waals surface area contributed by atoms with Crippen molar-refractivity contribution in [1.29, 1.82) is 0 Å². The molecule has 144 valence electrons. The van der Waals surface area contributed by atoms with E-state index in [-0.39, 0.29) is 22.5 Å². The summed E-state index contributed by atoms with van der Waals surface area (Å²) in [6.07, 6.45) is 11.9. The van der Waals surface area contributed by atoms with Crippen LogP contribution < -0.4 is 5.32 Å². The molecule has 4 rings (SSSR count). The van der Waals surface area contributed by atoms with Crippen LogP contribution in [0.3, 0.4) is 0 Å². The third-order valence-corrected chi connectivity index (χ3v) is 4.98. The van der Waals surface area contributed by atoms with Gasteiger partial charge >= 0.3 is 6.09 Å². The van der Waals surface area contributed by atoms with E-state index in [4.69, 9.17) is 27.9 Å². The second kappa shape index (κ2) is 7.19. The standard InChI is InChI=1S/C19H16ClFN4O3/c1-2-24-10-12(11-8-22-25(9-11)15-5-3-4-6-28-15)16-14(23-19(26)27)7-13(20)17(21)18(16)24/h1,7-10,15,23H,3-6H2,(H,26,27). The van der Waals surface area contributed by atoms with Gasteiger partial charge in [-0.3, -0.25) is 9.88 Å². The first-order valence-electron chi connectivity index (χ1n) is 8.65. The summed E-state index contributed by atoms with van der Waals surface area (Å²) in [5.41, 5.74) is 1.35. The Hall–Kier alpha value is -3.02. The molecule has 0 saturated carbocycles. The van der Waals surface area contributed by atoms with Crippen LogP contribution in [0.25, 0.3) is 22.0 Å². The van der Waals surface area contributed by atoms with Crippen LogP contribution >= 0.6 is 11.6 Å². The van der Waals surface area contributed by atoms with Crippen molar-refractivity contribution >= 4 is 34.3 Å². The number of halogens is 2. The van der Waals surface area contributed by atoms with Gasteiger partial charge < -0.3 is 9.84 Å². The molecule has 1 fully saturated rings. The average molecular weight is 403 g/mol. The number of benzene rings is 1. The molecule has 0 radical (unpaired) electrons. The third-order valence-electron chi connectivity index (χ3n) is 4.71. The number of nitrogens with zero attached hydrogens (tertiary/aromatic N) is 3. The molecule has 3 heterocycles. The summed E-state index contributed by atoms with van der Waals surface area (Å²) >= 11 is 5.94. The Morgan fingerprint density at radius 2 is 2.29 bits per heavy atom. The molecule has 7 nitrogen and oxygen atoms in total. The predicted octanol–water partition coefficient (Wildman–Crippen LogP) is 4.53. The average Bonchev–Trinajstić information content (AvgIpc) is 3.31. The molecule has 1 unspecified atom stereocenters. The van der Waals surface area contributed by atoms with Gasteiger partial charge in [-0.15, -0.1) is 0 Å². The first kappa shape index (κ1) is 18.3. The molecule has 1 atom stereocenters. The fourth-order valence-corrected chi connectivity index (χ4v) is 3.67. The number of hydrogen-bond acceptors (Lipinski definition) is 3. The minimum Gasteiger partial charge on any atom is -0.465 e. The van der Waals surface area contributed by atoms with E-state index in [1.807, 2.05) is 0 Å². The second-order valence-electron chi connectivity index (χ2n) is 6.45. The number of rotatable bonds is 3. The van der Waals surface area contributed by atoms with Gasteiger partial charge in [-0.25, -0.2) is 13.9 Å². The van der Waals surface area contributed by atoms with E-state index in [0.717, 1.165) is 19.3 Å². The highest BCUT2D eigenvalue weighted by molar-refractivity contribution is 6.32. The highest BCUT2D eigenvalue weighted by Gasteiger charge is 2.23. The predicted molar refractivity (Wildman–Crippen MR) is 103 cm³/mol. The number of hydrogen-bond donors (Lipinski definition) is 2. The fourth-order valence-electron chi connectivity index (χ4n) is 3.47. The topological polar surface area (TPSA) is 81.3 Å². The summed E-state index contributed by atoms with van der Waals surface area (Å²) in [7, 11) is 0. The van der Waals surface area contributed by atoms with Crippen molar-refractivity contribution in [2.45, 2.75) is 25.5 Å². The maximum atomic E-state index is 14.7. The van der Waals surface area contributed by atoms with E-state index in [1.165, 1.54) is 10.6 Å². The molecule has 28 heavy (non-hydrogen) atoms. The van der Waals surface area contributed by atoms with Gasteiger partial charge in [0.15, 0.2) is 5.82 Å². The number of carbonyl (C=O) groups is 1. The lowest BCUT2D eigenvalue weighted by molar-refractivity contribution is -0.0394. The van der Waals surface area contributed by atoms with Crippen molar-refractivity contribution in [3.63, 3.8) is 0 Å². The SMILES string of the molecule is C#Cn1cc(-c2cnn(C3CCCCO3)c2)c2c(NC(=O)O)cc(Cl)c(F)c21. The monoisotopic (exact) mass is 402 g/mol. The van der Waals surface area contributed by atoms with Crippen molar-refractivity contribution in [2.75, 3.05) is 11.9 Å². The Labute approximate surface area is 164 Å². The van der Waals surface area contributed by atoms with E-state index in [1.54, 1.807) is 23.3 Å². The Morgan fingerprint density at radius 1 is 1.46 bits per heavy atom. The first-order valence-corrected chi connectivity index (χ1v) is 9.03. The van der Waals surface area contributed by atoms with E-state index in [9.17, 15) is 9.18 Å². The molecule has 0 aliphatic carbocycles. The Morgan fingerprint density at radius 3 is 2.96 bits per heavy atom. The number of amides is 1. The van der Waals surface area contributed by atoms with Crippen LogP contribution in [0.5, 0.6) is 0 Å². The van der Waals surface area contributed by atoms with Gasteiger partial charge in [-0.1, -0.05) is 18.0 Å².